The minimum absolute atomic E-state index is 0.0207. The molecule has 5 nitrogen and oxygen atoms in total. The summed E-state index contributed by atoms with van der Waals surface area (Å²) in [4.78, 5) is 21.3. The molecule has 0 radical (unpaired) electrons. The van der Waals surface area contributed by atoms with Crippen LogP contribution in [-0.4, -0.2) is 45.1 Å². The Hall–Kier alpha value is -1.81. The number of nitrogens with zero attached hydrogens (tertiary/aromatic N) is 3. The van der Waals surface area contributed by atoms with Crippen LogP contribution in [0.5, 0.6) is 0 Å². The third-order valence-electron chi connectivity index (χ3n) is 3.59. The maximum absolute atomic E-state index is 13.7. The predicted molar refractivity (Wildman–Crippen MR) is 83.6 cm³/mol. The molecule has 2 aromatic rings. The molecule has 1 N–H and O–H groups in total. The Labute approximate surface area is 136 Å². The molecule has 2 aliphatic rings. The second-order valence-corrected chi connectivity index (χ2v) is 7.11. The van der Waals surface area contributed by atoms with Gasteiger partial charge in [0.2, 0.25) is 0 Å². The predicted octanol–water partition coefficient (Wildman–Crippen LogP) is 2.91. The average Bonchev–Trinajstić information content (AvgIpc) is 3.14. The van der Waals surface area contributed by atoms with Gasteiger partial charge in [-0.2, -0.15) is 13.2 Å². The molecule has 0 unspecified atom stereocenters. The number of fused-ring (bicyclic) bond motifs is 2. The van der Waals surface area contributed by atoms with Gasteiger partial charge in [0, 0.05) is 12.3 Å². The fraction of sp³-hybridized carbons (Fsp3) is 0.308. The van der Waals surface area contributed by atoms with Crippen LogP contribution < -0.4 is 5.32 Å². The maximum atomic E-state index is 13.7. The number of anilines is 1. The molecule has 0 saturated carbocycles. The van der Waals surface area contributed by atoms with Crippen molar-refractivity contribution in [3.63, 3.8) is 0 Å². The summed E-state index contributed by atoms with van der Waals surface area (Å²) in [5.74, 6) is -0.538. The number of carbonyl (C=O) groups is 1. The molecular weight excluding hydrogens is 349 g/mol. The van der Waals surface area contributed by atoms with Gasteiger partial charge in [0.25, 0.3) is 5.91 Å². The van der Waals surface area contributed by atoms with E-state index in [-0.39, 0.29) is 16.8 Å². The van der Waals surface area contributed by atoms with Crippen LogP contribution in [0.15, 0.2) is 29.3 Å². The summed E-state index contributed by atoms with van der Waals surface area (Å²) in [6.45, 7) is 0.238. The first-order chi connectivity index (χ1) is 10.9. The van der Waals surface area contributed by atoms with E-state index in [0.717, 1.165) is 32.7 Å². The molecule has 1 aromatic heterocycles. The molecule has 23 heavy (non-hydrogen) atoms. The number of thiazole rings is 1. The number of para-hydroxylation sites is 1. The van der Waals surface area contributed by atoms with E-state index in [0.29, 0.717) is 11.3 Å². The number of rotatable bonds is 2. The lowest BCUT2D eigenvalue weighted by molar-refractivity contribution is -0.185. The summed E-state index contributed by atoms with van der Waals surface area (Å²) >= 11 is 2.21. The van der Waals surface area contributed by atoms with E-state index in [1.807, 2.05) is 0 Å². The van der Waals surface area contributed by atoms with E-state index < -0.39 is 17.7 Å². The fourth-order valence-electron chi connectivity index (χ4n) is 2.49. The number of alkyl halides is 3. The number of amides is 1. The van der Waals surface area contributed by atoms with Crippen LogP contribution in [0.3, 0.4) is 0 Å². The zero-order chi connectivity index (χ0) is 16.2. The van der Waals surface area contributed by atoms with Crippen LogP contribution in [0.4, 0.5) is 18.3 Å². The average molecular weight is 358 g/mol. The normalized spacial score (nSPS) is 24.2. The van der Waals surface area contributed by atoms with E-state index in [9.17, 15) is 18.0 Å². The number of carbonyl (C=O) groups excluding carboxylic acids is 1. The molecule has 1 aromatic carbocycles. The first-order valence-electron chi connectivity index (χ1n) is 6.66. The molecule has 3 heterocycles. The highest BCUT2D eigenvalue weighted by Gasteiger charge is 2.67. The van der Waals surface area contributed by atoms with Gasteiger partial charge < -0.3 is 5.32 Å². The fourth-order valence-corrected chi connectivity index (χ4v) is 4.39. The lowest BCUT2D eigenvalue weighted by atomic mass is 10.1. The van der Waals surface area contributed by atoms with Crippen LogP contribution in [0.2, 0.25) is 0 Å². The van der Waals surface area contributed by atoms with Gasteiger partial charge in [-0.1, -0.05) is 35.2 Å². The van der Waals surface area contributed by atoms with Crippen molar-refractivity contribution in [3.8, 4) is 0 Å². The molecule has 0 spiro atoms. The van der Waals surface area contributed by atoms with Gasteiger partial charge in [0.05, 0.1) is 10.2 Å². The number of aromatic nitrogens is 1. The SMILES string of the molecule is O=C1N2CCSC2=N[C@@]1(Nc1nc2ccccc2s1)C(F)(F)F. The molecule has 1 atom stereocenters. The minimum Gasteiger partial charge on any atom is -0.322 e. The van der Waals surface area contributed by atoms with E-state index in [1.165, 1.54) is 0 Å². The largest absolute Gasteiger partial charge is 0.442 e. The van der Waals surface area contributed by atoms with E-state index in [2.05, 4.69) is 15.3 Å². The Morgan fingerprint density at radius 1 is 1.30 bits per heavy atom. The van der Waals surface area contributed by atoms with Gasteiger partial charge in [-0.05, 0) is 12.1 Å². The zero-order valence-electron chi connectivity index (χ0n) is 11.4. The van der Waals surface area contributed by atoms with Gasteiger partial charge >= 0.3 is 11.8 Å². The Balaban J connectivity index is 1.78. The summed E-state index contributed by atoms with van der Waals surface area (Å²) in [6, 6.07) is 6.99. The third kappa shape index (κ3) is 2.12. The third-order valence-corrected chi connectivity index (χ3v) is 5.50. The van der Waals surface area contributed by atoms with E-state index in [4.69, 9.17) is 0 Å². The van der Waals surface area contributed by atoms with Crippen LogP contribution in [0.25, 0.3) is 10.2 Å². The zero-order valence-corrected chi connectivity index (χ0v) is 13.1. The molecule has 2 aliphatic heterocycles. The van der Waals surface area contributed by atoms with Crippen LogP contribution in [-0.2, 0) is 4.79 Å². The first-order valence-corrected chi connectivity index (χ1v) is 8.46. The van der Waals surface area contributed by atoms with Crippen molar-refractivity contribution in [2.45, 2.75) is 11.8 Å². The molecular formula is C13H9F3N4OS2. The first kappa shape index (κ1) is 14.8. The lowest BCUT2D eigenvalue weighted by Crippen LogP contribution is -2.57. The molecule has 0 bridgehead atoms. The maximum Gasteiger partial charge on any atom is 0.442 e. The number of nitrogens with one attached hydrogen (secondary N) is 1. The highest BCUT2D eigenvalue weighted by Crippen LogP contribution is 2.43. The number of hydrogen-bond donors (Lipinski definition) is 1. The number of aliphatic imine (C=N–C) groups is 1. The van der Waals surface area contributed by atoms with Crippen molar-refractivity contribution < 1.29 is 18.0 Å². The van der Waals surface area contributed by atoms with Gasteiger partial charge in [-0.25, -0.2) is 9.98 Å². The lowest BCUT2D eigenvalue weighted by Gasteiger charge is -2.28. The summed E-state index contributed by atoms with van der Waals surface area (Å²) in [7, 11) is 0. The molecule has 120 valence electrons. The molecule has 0 aliphatic carbocycles. The Kier molecular flexibility index (Phi) is 3.11. The Morgan fingerprint density at radius 2 is 2.09 bits per heavy atom. The molecule has 1 fully saturated rings. The number of amidine groups is 1. The summed E-state index contributed by atoms with van der Waals surface area (Å²) < 4.78 is 41.7. The molecule has 4 rings (SSSR count). The van der Waals surface area contributed by atoms with Crippen LogP contribution in [0.1, 0.15) is 0 Å². The number of thioether (sulfide) groups is 1. The quantitative estimate of drug-likeness (QED) is 0.897. The van der Waals surface area contributed by atoms with Crippen LogP contribution >= 0.6 is 23.1 Å². The second-order valence-electron chi connectivity index (χ2n) is 5.02. The highest BCUT2D eigenvalue weighted by atomic mass is 32.2. The monoisotopic (exact) mass is 358 g/mol. The number of halogens is 3. The Bertz CT molecular complexity index is 801. The van der Waals surface area contributed by atoms with Crippen molar-refractivity contribution in [1.29, 1.82) is 0 Å². The molecule has 1 saturated heterocycles. The molecule has 1 amide bonds. The van der Waals surface area contributed by atoms with Crippen molar-refractivity contribution in [2.75, 3.05) is 17.6 Å². The number of benzene rings is 1. The topological polar surface area (TPSA) is 57.6 Å². The van der Waals surface area contributed by atoms with Gasteiger partial charge in [-0.3, -0.25) is 9.69 Å². The van der Waals surface area contributed by atoms with Crippen molar-refractivity contribution in [3.05, 3.63) is 24.3 Å². The van der Waals surface area contributed by atoms with Crippen molar-refractivity contribution in [1.82, 2.24) is 9.88 Å². The van der Waals surface area contributed by atoms with E-state index >= 15 is 0 Å². The smallest absolute Gasteiger partial charge is 0.322 e. The summed E-state index contributed by atoms with van der Waals surface area (Å²) in [6.07, 6.45) is -4.86. The van der Waals surface area contributed by atoms with Gasteiger partial charge in [-0.15, -0.1) is 0 Å². The van der Waals surface area contributed by atoms with Crippen molar-refractivity contribution >= 4 is 49.5 Å². The second kappa shape index (κ2) is 4.84. The summed E-state index contributed by atoms with van der Waals surface area (Å²) in [5.41, 5.74) is -2.41. The van der Waals surface area contributed by atoms with Crippen LogP contribution in [0, 0.1) is 0 Å². The standard InChI is InChI=1S/C13H9F3N4OS2/c14-13(15,16)12(9(21)20-5-6-22-11(20)19-12)18-10-17-7-3-1-2-4-8(7)23-10/h1-4H,5-6H2,(H,17,18)/t12-/m1/s1. The number of hydrogen-bond acceptors (Lipinski definition) is 6. The Morgan fingerprint density at radius 3 is 2.78 bits per heavy atom. The summed E-state index contributed by atoms with van der Waals surface area (Å²) in [5, 5.41) is 2.39. The van der Waals surface area contributed by atoms with Crippen molar-refractivity contribution in [2.24, 2.45) is 4.99 Å². The van der Waals surface area contributed by atoms with E-state index in [1.54, 1.807) is 24.3 Å². The minimum atomic E-state index is -4.86. The van der Waals surface area contributed by atoms with Gasteiger partial charge in [0.15, 0.2) is 10.3 Å². The highest BCUT2D eigenvalue weighted by molar-refractivity contribution is 8.14. The van der Waals surface area contributed by atoms with Gasteiger partial charge in [0.1, 0.15) is 0 Å². The molecule has 10 heteroatoms.